The summed E-state index contributed by atoms with van der Waals surface area (Å²) in [5, 5.41) is 8.78. The molecule has 3 N–H and O–H groups in total. The van der Waals surface area contributed by atoms with Crippen molar-refractivity contribution in [3.05, 3.63) is 57.6 Å². The van der Waals surface area contributed by atoms with E-state index in [1.54, 1.807) is 18.2 Å². The predicted octanol–water partition coefficient (Wildman–Crippen LogP) is 2.28. The van der Waals surface area contributed by atoms with E-state index in [0.29, 0.717) is 11.3 Å². The Morgan fingerprint density at radius 3 is 2.45 bits per heavy atom. The Balaban J connectivity index is 2.04. The highest BCUT2D eigenvalue weighted by molar-refractivity contribution is 9.10. The van der Waals surface area contributed by atoms with Crippen LogP contribution in [0.25, 0.3) is 0 Å². The van der Waals surface area contributed by atoms with Crippen LogP contribution in [-0.4, -0.2) is 37.6 Å². The van der Waals surface area contributed by atoms with Gasteiger partial charge in [-0.15, -0.1) is 0 Å². The molecule has 0 aliphatic carbocycles. The molecule has 152 valence electrons. The highest BCUT2D eigenvalue weighted by Gasteiger charge is 2.11. The van der Waals surface area contributed by atoms with E-state index < -0.39 is 11.8 Å². The third kappa shape index (κ3) is 6.42. The summed E-state index contributed by atoms with van der Waals surface area (Å²) >= 11 is 3.34. The molecule has 0 aliphatic heterocycles. The molecular formula is C20H21BrN4O4. The molecule has 0 heterocycles. The number of aryl methyl sites for hydroxylation is 2. The van der Waals surface area contributed by atoms with E-state index in [1.807, 2.05) is 32.0 Å². The van der Waals surface area contributed by atoms with Gasteiger partial charge in [0, 0.05) is 22.8 Å². The average molecular weight is 461 g/mol. The lowest BCUT2D eigenvalue weighted by Crippen LogP contribution is -2.35. The van der Waals surface area contributed by atoms with E-state index in [-0.39, 0.29) is 12.5 Å². The third-order valence-corrected chi connectivity index (χ3v) is 4.37. The second-order valence-corrected chi connectivity index (χ2v) is 6.98. The maximum atomic E-state index is 12.3. The number of ether oxygens (including phenoxy) is 1. The van der Waals surface area contributed by atoms with Crippen LogP contribution in [0.1, 0.15) is 16.7 Å². The Bertz CT molecular complexity index is 939. The van der Waals surface area contributed by atoms with Gasteiger partial charge in [-0.2, -0.15) is 5.10 Å². The summed E-state index contributed by atoms with van der Waals surface area (Å²) in [4.78, 5) is 34.9. The smallest absolute Gasteiger partial charge is 0.329 e. The number of rotatable bonds is 6. The van der Waals surface area contributed by atoms with Crippen molar-refractivity contribution in [2.75, 3.05) is 19.0 Å². The first-order chi connectivity index (χ1) is 13.8. The van der Waals surface area contributed by atoms with E-state index in [1.165, 1.54) is 13.3 Å². The van der Waals surface area contributed by atoms with E-state index >= 15 is 0 Å². The van der Waals surface area contributed by atoms with Crippen LogP contribution >= 0.6 is 15.9 Å². The molecule has 29 heavy (non-hydrogen) atoms. The maximum absolute atomic E-state index is 12.3. The fourth-order valence-electron chi connectivity index (χ4n) is 2.41. The summed E-state index contributed by atoms with van der Waals surface area (Å²) in [6.07, 6.45) is 1.32. The topological polar surface area (TPSA) is 109 Å². The van der Waals surface area contributed by atoms with Crippen molar-refractivity contribution in [1.82, 2.24) is 10.7 Å². The van der Waals surface area contributed by atoms with Gasteiger partial charge in [0.2, 0.25) is 0 Å². The molecule has 0 spiro atoms. The van der Waals surface area contributed by atoms with Crippen LogP contribution in [0.5, 0.6) is 5.75 Å². The number of halogens is 1. The Kier molecular flexibility index (Phi) is 7.90. The number of para-hydroxylation sites is 1. The summed E-state index contributed by atoms with van der Waals surface area (Å²) in [6, 6.07) is 10.9. The minimum Gasteiger partial charge on any atom is -0.483 e. The standard InChI is InChI=1S/C20H21BrN4O4/c1-12-5-4-6-13(2)18(12)24-17(26)11-29-16-8-7-15(21)9-14(16)10-23-25-20(28)19(27)22-3/h4-10H,11H2,1-3H3,(H,22,27)(H,24,26)(H,25,28)/b23-10-. The summed E-state index contributed by atoms with van der Waals surface area (Å²) < 4.78 is 6.37. The van der Waals surface area contributed by atoms with Gasteiger partial charge in [-0.3, -0.25) is 14.4 Å². The number of nitrogens with zero attached hydrogens (tertiary/aromatic N) is 1. The minimum absolute atomic E-state index is 0.207. The van der Waals surface area contributed by atoms with Gasteiger partial charge in [-0.1, -0.05) is 34.1 Å². The fourth-order valence-corrected chi connectivity index (χ4v) is 2.79. The van der Waals surface area contributed by atoms with E-state index in [9.17, 15) is 14.4 Å². The zero-order valence-electron chi connectivity index (χ0n) is 16.2. The van der Waals surface area contributed by atoms with Gasteiger partial charge in [0.05, 0.1) is 6.21 Å². The first-order valence-electron chi connectivity index (χ1n) is 8.65. The van der Waals surface area contributed by atoms with Crippen LogP contribution in [-0.2, 0) is 14.4 Å². The number of hydrazone groups is 1. The first kappa shape index (κ1) is 22.1. The second kappa shape index (κ2) is 10.4. The molecule has 0 fully saturated rings. The quantitative estimate of drug-likeness (QED) is 0.349. The van der Waals surface area contributed by atoms with Gasteiger partial charge in [0.25, 0.3) is 5.91 Å². The average Bonchev–Trinajstić information content (AvgIpc) is 2.69. The zero-order valence-corrected chi connectivity index (χ0v) is 17.8. The molecule has 0 unspecified atom stereocenters. The molecule has 3 amide bonds. The van der Waals surface area contributed by atoms with Gasteiger partial charge in [0.1, 0.15) is 5.75 Å². The molecule has 9 heteroatoms. The minimum atomic E-state index is -0.894. The lowest BCUT2D eigenvalue weighted by Gasteiger charge is -2.13. The van der Waals surface area contributed by atoms with E-state index in [2.05, 4.69) is 37.1 Å². The molecule has 2 rings (SSSR count). The number of nitrogens with one attached hydrogen (secondary N) is 3. The Hall–Kier alpha value is -3.20. The van der Waals surface area contributed by atoms with Gasteiger partial charge < -0.3 is 15.4 Å². The number of carbonyl (C=O) groups is 3. The summed E-state index contributed by atoms with van der Waals surface area (Å²) in [6.45, 7) is 3.63. The van der Waals surface area contributed by atoms with Crippen molar-refractivity contribution < 1.29 is 19.1 Å². The van der Waals surface area contributed by atoms with E-state index in [4.69, 9.17) is 4.74 Å². The van der Waals surface area contributed by atoms with Crippen LogP contribution < -0.4 is 20.8 Å². The largest absolute Gasteiger partial charge is 0.483 e. The number of benzene rings is 2. The molecule has 0 atom stereocenters. The van der Waals surface area contributed by atoms with Gasteiger partial charge in [-0.25, -0.2) is 5.43 Å². The number of likely N-dealkylation sites (N-methyl/N-ethyl adjacent to an activating group) is 1. The van der Waals surface area contributed by atoms with Gasteiger partial charge in [-0.05, 0) is 43.2 Å². The Labute approximate surface area is 176 Å². The molecule has 2 aromatic carbocycles. The van der Waals surface area contributed by atoms with Crippen LogP contribution in [0.3, 0.4) is 0 Å². The molecule has 0 aromatic heterocycles. The van der Waals surface area contributed by atoms with Crippen molar-refractivity contribution in [3.63, 3.8) is 0 Å². The van der Waals surface area contributed by atoms with Crippen molar-refractivity contribution in [1.29, 1.82) is 0 Å². The molecule has 0 saturated carbocycles. The maximum Gasteiger partial charge on any atom is 0.329 e. The molecule has 0 bridgehead atoms. The predicted molar refractivity (Wildman–Crippen MR) is 114 cm³/mol. The van der Waals surface area contributed by atoms with Gasteiger partial charge >= 0.3 is 11.8 Å². The SMILES string of the molecule is CNC(=O)C(=O)N/N=C\c1cc(Br)ccc1OCC(=O)Nc1c(C)cccc1C. The lowest BCUT2D eigenvalue weighted by atomic mass is 10.1. The van der Waals surface area contributed by atoms with Crippen molar-refractivity contribution in [3.8, 4) is 5.75 Å². The number of hydrogen-bond acceptors (Lipinski definition) is 5. The third-order valence-electron chi connectivity index (χ3n) is 3.88. The highest BCUT2D eigenvalue weighted by atomic mass is 79.9. The fraction of sp³-hybridized carbons (Fsp3) is 0.200. The first-order valence-corrected chi connectivity index (χ1v) is 9.44. The molecule has 0 radical (unpaired) electrons. The van der Waals surface area contributed by atoms with Crippen LogP contribution in [0, 0.1) is 13.8 Å². The summed E-state index contributed by atoms with van der Waals surface area (Å²) in [7, 11) is 1.34. The van der Waals surface area contributed by atoms with Crippen LogP contribution in [0.15, 0.2) is 46.0 Å². The molecule has 0 aliphatic rings. The Morgan fingerprint density at radius 1 is 1.10 bits per heavy atom. The summed E-state index contributed by atoms with van der Waals surface area (Å²) in [5.74, 6) is -1.62. The Morgan fingerprint density at radius 2 is 1.79 bits per heavy atom. The summed E-state index contributed by atoms with van der Waals surface area (Å²) in [5.41, 5.74) is 5.30. The van der Waals surface area contributed by atoms with Crippen molar-refractivity contribution in [2.24, 2.45) is 5.10 Å². The van der Waals surface area contributed by atoms with Crippen LogP contribution in [0.4, 0.5) is 5.69 Å². The van der Waals surface area contributed by atoms with Crippen LogP contribution in [0.2, 0.25) is 0 Å². The molecule has 8 nitrogen and oxygen atoms in total. The van der Waals surface area contributed by atoms with Crippen molar-refractivity contribution in [2.45, 2.75) is 13.8 Å². The number of amides is 3. The van der Waals surface area contributed by atoms with Gasteiger partial charge in [0.15, 0.2) is 6.61 Å². The van der Waals surface area contributed by atoms with Crippen molar-refractivity contribution >= 4 is 45.6 Å². The highest BCUT2D eigenvalue weighted by Crippen LogP contribution is 2.22. The molecular weight excluding hydrogens is 440 g/mol. The number of anilines is 1. The molecule has 2 aromatic rings. The zero-order chi connectivity index (χ0) is 21.4. The second-order valence-electron chi connectivity index (χ2n) is 6.06. The number of hydrogen-bond donors (Lipinski definition) is 3. The number of carbonyl (C=O) groups excluding carboxylic acids is 3. The van der Waals surface area contributed by atoms with E-state index in [0.717, 1.165) is 21.3 Å². The molecule has 0 saturated heterocycles. The monoisotopic (exact) mass is 460 g/mol. The lowest BCUT2D eigenvalue weighted by molar-refractivity contribution is -0.138. The normalized spacial score (nSPS) is 10.5.